The Morgan fingerprint density at radius 1 is 1.45 bits per heavy atom. The average molecular weight is 280 g/mol. The Hall–Kier alpha value is -1.62. The van der Waals surface area contributed by atoms with Crippen molar-refractivity contribution in [1.82, 2.24) is 4.90 Å². The zero-order valence-electron chi connectivity index (χ0n) is 11.7. The minimum Gasteiger partial charge on any atom is -0.478 e. The highest BCUT2D eigenvalue weighted by molar-refractivity contribution is 5.94. The van der Waals surface area contributed by atoms with Crippen molar-refractivity contribution in [2.75, 3.05) is 31.5 Å². The van der Waals surface area contributed by atoms with E-state index in [4.69, 9.17) is 5.11 Å². The summed E-state index contributed by atoms with van der Waals surface area (Å²) in [5, 5.41) is 12.2. The Balaban J connectivity index is 1.91. The predicted molar refractivity (Wildman–Crippen MR) is 76.7 cm³/mol. The van der Waals surface area contributed by atoms with Crippen molar-refractivity contribution < 1.29 is 14.3 Å². The van der Waals surface area contributed by atoms with Gasteiger partial charge in [-0.25, -0.2) is 9.18 Å². The Morgan fingerprint density at radius 2 is 2.15 bits per heavy atom. The predicted octanol–water partition coefficient (Wildman–Crippen LogP) is 2.67. The van der Waals surface area contributed by atoms with E-state index in [-0.39, 0.29) is 5.56 Å². The molecule has 1 atom stereocenters. The number of nitrogens with zero attached hydrogens (tertiary/aromatic N) is 1. The number of carboxylic acids is 1. The quantitative estimate of drug-likeness (QED) is 0.841. The zero-order valence-corrected chi connectivity index (χ0v) is 11.7. The summed E-state index contributed by atoms with van der Waals surface area (Å²) in [6, 6.07) is 3.82. The number of aromatic carboxylic acids is 1. The van der Waals surface area contributed by atoms with E-state index < -0.39 is 11.8 Å². The lowest BCUT2D eigenvalue weighted by Gasteiger charge is -2.21. The van der Waals surface area contributed by atoms with E-state index in [0.29, 0.717) is 18.2 Å². The molecule has 1 aliphatic rings. The van der Waals surface area contributed by atoms with Gasteiger partial charge in [-0.2, -0.15) is 0 Å². The van der Waals surface area contributed by atoms with Gasteiger partial charge in [0.15, 0.2) is 0 Å². The molecule has 2 N–H and O–H groups in total. The van der Waals surface area contributed by atoms with E-state index in [9.17, 15) is 9.18 Å². The first-order valence-electron chi connectivity index (χ1n) is 7.05. The third kappa shape index (κ3) is 3.93. The van der Waals surface area contributed by atoms with Crippen molar-refractivity contribution in [1.29, 1.82) is 0 Å². The molecule has 0 spiro atoms. The van der Waals surface area contributed by atoms with Gasteiger partial charge >= 0.3 is 5.97 Å². The van der Waals surface area contributed by atoms with Crippen molar-refractivity contribution in [2.24, 2.45) is 5.92 Å². The summed E-state index contributed by atoms with van der Waals surface area (Å²) in [5.74, 6) is -1.22. The van der Waals surface area contributed by atoms with Gasteiger partial charge in [-0.3, -0.25) is 0 Å². The first-order chi connectivity index (χ1) is 9.56. The molecule has 0 radical (unpaired) electrons. The van der Waals surface area contributed by atoms with Gasteiger partial charge in [0.05, 0.1) is 5.56 Å². The Morgan fingerprint density at radius 3 is 2.80 bits per heavy atom. The van der Waals surface area contributed by atoms with Crippen LogP contribution in [0.2, 0.25) is 0 Å². The summed E-state index contributed by atoms with van der Waals surface area (Å²) >= 11 is 0. The molecule has 0 bridgehead atoms. The van der Waals surface area contributed by atoms with Gasteiger partial charge in [-0.05, 0) is 50.0 Å². The molecule has 110 valence electrons. The average Bonchev–Trinajstić information content (AvgIpc) is 2.90. The summed E-state index contributed by atoms with van der Waals surface area (Å²) in [6.07, 6.45) is 2.53. The van der Waals surface area contributed by atoms with Gasteiger partial charge < -0.3 is 15.3 Å². The lowest BCUT2D eigenvalue weighted by atomic mass is 10.1. The molecule has 5 heteroatoms. The number of carbonyl (C=O) groups is 1. The van der Waals surface area contributed by atoms with E-state index in [0.717, 1.165) is 25.7 Å². The molecular formula is C15H21FN2O2. The monoisotopic (exact) mass is 280 g/mol. The standard InChI is InChI=1S/C15H21FN2O2/c1-11(10-18-6-2-3-7-18)9-17-14-5-4-12(16)8-13(14)15(19)20/h4-5,8,11,17H,2-3,6-7,9-10H2,1H3,(H,19,20). The maximum Gasteiger partial charge on any atom is 0.337 e. The number of hydrogen-bond donors (Lipinski definition) is 2. The molecule has 2 rings (SSSR count). The first-order valence-corrected chi connectivity index (χ1v) is 7.05. The second-order valence-electron chi connectivity index (χ2n) is 5.49. The zero-order chi connectivity index (χ0) is 14.5. The minimum absolute atomic E-state index is 0.0154. The third-order valence-corrected chi connectivity index (χ3v) is 3.62. The number of hydrogen-bond acceptors (Lipinski definition) is 3. The van der Waals surface area contributed by atoms with E-state index in [1.165, 1.54) is 25.0 Å². The minimum atomic E-state index is -1.11. The molecule has 1 aliphatic heterocycles. The summed E-state index contributed by atoms with van der Waals surface area (Å²) < 4.78 is 13.1. The second-order valence-corrected chi connectivity index (χ2v) is 5.49. The lowest BCUT2D eigenvalue weighted by Crippen LogP contribution is -2.29. The lowest BCUT2D eigenvalue weighted by molar-refractivity contribution is 0.0697. The third-order valence-electron chi connectivity index (χ3n) is 3.62. The molecule has 1 saturated heterocycles. The van der Waals surface area contributed by atoms with E-state index in [1.54, 1.807) is 0 Å². The number of nitrogens with one attached hydrogen (secondary N) is 1. The van der Waals surface area contributed by atoms with Crippen LogP contribution in [0, 0.1) is 11.7 Å². The van der Waals surface area contributed by atoms with Crippen LogP contribution in [0.3, 0.4) is 0 Å². The number of rotatable bonds is 6. The van der Waals surface area contributed by atoms with Crippen LogP contribution in [0.25, 0.3) is 0 Å². The highest BCUT2D eigenvalue weighted by Crippen LogP contribution is 2.18. The van der Waals surface area contributed by atoms with Crippen molar-refractivity contribution >= 4 is 11.7 Å². The van der Waals surface area contributed by atoms with Crippen molar-refractivity contribution in [3.8, 4) is 0 Å². The van der Waals surface area contributed by atoms with Gasteiger partial charge in [-0.1, -0.05) is 6.92 Å². The second kappa shape index (κ2) is 6.70. The van der Waals surface area contributed by atoms with Crippen LogP contribution < -0.4 is 5.32 Å². The van der Waals surface area contributed by atoms with E-state index in [1.807, 2.05) is 0 Å². The normalized spacial score (nSPS) is 17.1. The van der Waals surface area contributed by atoms with Gasteiger partial charge in [0.1, 0.15) is 5.82 Å². The summed E-state index contributed by atoms with van der Waals surface area (Å²) in [4.78, 5) is 13.5. The van der Waals surface area contributed by atoms with Crippen LogP contribution in [-0.2, 0) is 0 Å². The summed E-state index contributed by atoms with van der Waals surface area (Å²) in [5.41, 5.74) is 0.463. The molecule has 1 fully saturated rings. The largest absolute Gasteiger partial charge is 0.478 e. The first kappa shape index (κ1) is 14.8. The molecule has 1 unspecified atom stereocenters. The molecule has 1 aromatic rings. The van der Waals surface area contributed by atoms with Crippen LogP contribution in [-0.4, -0.2) is 42.2 Å². The molecule has 0 aromatic heterocycles. The van der Waals surface area contributed by atoms with E-state index in [2.05, 4.69) is 17.1 Å². The van der Waals surface area contributed by atoms with Crippen LogP contribution in [0.1, 0.15) is 30.1 Å². The topological polar surface area (TPSA) is 52.6 Å². The summed E-state index contributed by atoms with van der Waals surface area (Å²) in [6.45, 7) is 6.14. The van der Waals surface area contributed by atoms with Crippen molar-refractivity contribution in [2.45, 2.75) is 19.8 Å². The smallest absolute Gasteiger partial charge is 0.337 e. The van der Waals surface area contributed by atoms with Crippen LogP contribution in [0.4, 0.5) is 10.1 Å². The van der Waals surface area contributed by atoms with Crippen LogP contribution >= 0.6 is 0 Å². The Labute approximate surface area is 118 Å². The Kier molecular flexibility index (Phi) is 4.95. The number of anilines is 1. The molecule has 0 amide bonds. The fourth-order valence-corrected chi connectivity index (χ4v) is 2.60. The van der Waals surface area contributed by atoms with Crippen LogP contribution in [0.5, 0.6) is 0 Å². The number of benzene rings is 1. The molecule has 4 nitrogen and oxygen atoms in total. The Bertz CT molecular complexity index is 473. The van der Waals surface area contributed by atoms with Gasteiger partial charge in [-0.15, -0.1) is 0 Å². The van der Waals surface area contributed by atoms with Crippen molar-refractivity contribution in [3.63, 3.8) is 0 Å². The molecule has 20 heavy (non-hydrogen) atoms. The fourth-order valence-electron chi connectivity index (χ4n) is 2.60. The number of carboxylic acid groups (broad SMARTS) is 1. The molecular weight excluding hydrogens is 259 g/mol. The molecule has 0 saturated carbocycles. The highest BCUT2D eigenvalue weighted by atomic mass is 19.1. The molecule has 0 aliphatic carbocycles. The maximum absolute atomic E-state index is 13.1. The SMILES string of the molecule is CC(CNc1ccc(F)cc1C(=O)O)CN1CCCC1. The molecule has 1 heterocycles. The van der Waals surface area contributed by atoms with Crippen LogP contribution in [0.15, 0.2) is 18.2 Å². The van der Waals surface area contributed by atoms with Crippen molar-refractivity contribution in [3.05, 3.63) is 29.6 Å². The van der Waals surface area contributed by atoms with E-state index >= 15 is 0 Å². The van der Waals surface area contributed by atoms with Gasteiger partial charge in [0.25, 0.3) is 0 Å². The summed E-state index contributed by atoms with van der Waals surface area (Å²) in [7, 11) is 0. The molecule has 1 aromatic carbocycles. The fraction of sp³-hybridized carbons (Fsp3) is 0.533. The highest BCUT2D eigenvalue weighted by Gasteiger charge is 2.16. The van der Waals surface area contributed by atoms with Gasteiger partial charge in [0, 0.05) is 18.8 Å². The van der Waals surface area contributed by atoms with Gasteiger partial charge in [0.2, 0.25) is 0 Å². The maximum atomic E-state index is 13.1. The number of likely N-dealkylation sites (tertiary alicyclic amines) is 1. The number of halogens is 1.